The summed E-state index contributed by atoms with van der Waals surface area (Å²) in [4.78, 5) is 7.61. The summed E-state index contributed by atoms with van der Waals surface area (Å²) in [5.41, 5.74) is 6.42. The predicted octanol–water partition coefficient (Wildman–Crippen LogP) is 2.47. The maximum absolute atomic E-state index is 12.2. The van der Waals surface area contributed by atoms with Gasteiger partial charge in [-0.25, -0.2) is 23.1 Å². The molecule has 6 nitrogen and oxygen atoms in total. The molecule has 1 heterocycles. The van der Waals surface area contributed by atoms with Crippen molar-refractivity contribution in [3.63, 3.8) is 0 Å². The van der Waals surface area contributed by atoms with Crippen LogP contribution in [-0.4, -0.2) is 18.4 Å². The Morgan fingerprint density at radius 1 is 1.20 bits per heavy atom. The van der Waals surface area contributed by atoms with Gasteiger partial charge in [-0.05, 0) is 31.2 Å². The second-order valence-corrected chi connectivity index (χ2v) is 6.40. The number of rotatable bonds is 3. The quantitative estimate of drug-likeness (QED) is 0.664. The largest absolute Gasteiger partial charge is 0.399 e. The summed E-state index contributed by atoms with van der Waals surface area (Å²) < 4.78 is 26.6. The van der Waals surface area contributed by atoms with E-state index in [2.05, 4.69) is 14.7 Å². The van der Waals surface area contributed by atoms with Crippen LogP contribution >= 0.6 is 23.2 Å². The number of nitrogen functional groups attached to an aromatic ring is 1. The molecule has 0 fully saturated rings. The Kier molecular flexibility index (Phi) is 4.03. The molecule has 0 saturated heterocycles. The third-order valence-corrected chi connectivity index (χ3v) is 4.30. The van der Waals surface area contributed by atoms with E-state index in [1.807, 2.05) is 0 Å². The Morgan fingerprint density at radius 3 is 2.50 bits per heavy atom. The minimum atomic E-state index is -3.92. The summed E-state index contributed by atoms with van der Waals surface area (Å²) in [6, 6.07) is 5.59. The smallest absolute Gasteiger partial charge is 0.265 e. The molecule has 3 N–H and O–H groups in total. The van der Waals surface area contributed by atoms with Gasteiger partial charge in [0.1, 0.15) is 10.0 Å². The molecule has 1 aromatic carbocycles. The van der Waals surface area contributed by atoms with Crippen molar-refractivity contribution in [2.45, 2.75) is 11.8 Å². The zero-order chi connectivity index (χ0) is 14.9. The van der Waals surface area contributed by atoms with Gasteiger partial charge in [0, 0.05) is 11.4 Å². The van der Waals surface area contributed by atoms with Crippen molar-refractivity contribution in [1.29, 1.82) is 0 Å². The minimum Gasteiger partial charge on any atom is -0.399 e. The fourth-order valence-electron chi connectivity index (χ4n) is 1.49. The second-order valence-electron chi connectivity index (χ2n) is 3.95. The molecule has 0 bridgehead atoms. The summed E-state index contributed by atoms with van der Waals surface area (Å²) in [5.74, 6) is -0.122. The van der Waals surface area contributed by atoms with Crippen molar-refractivity contribution in [1.82, 2.24) is 9.97 Å². The van der Waals surface area contributed by atoms with E-state index in [4.69, 9.17) is 28.9 Å². The number of nitrogens with one attached hydrogen (secondary N) is 1. The molecule has 0 amide bonds. The minimum absolute atomic E-state index is 0.0104. The van der Waals surface area contributed by atoms with Crippen LogP contribution in [0.5, 0.6) is 0 Å². The van der Waals surface area contributed by atoms with Crippen LogP contribution in [0.4, 0.5) is 11.6 Å². The van der Waals surface area contributed by atoms with Crippen LogP contribution in [0.25, 0.3) is 0 Å². The van der Waals surface area contributed by atoms with Crippen LogP contribution in [0, 0.1) is 6.92 Å². The molecule has 0 saturated carbocycles. The molecule has 0 atom stereocenters. The molecule has 0 radical (unpaired) electrons. The molecule has 9 heteroatoms. The second kappa shape index (κ2) is 5.43. The lowest BCUT2D eigenvalue weighted by Gasteiger charge is -2.09. The van der Waals surface area contributed by atoms with E-state index in [1.165, 1.54) is 24.3 Å². The number of halogens is 2. The van der Waals surface area contributed by atoms with E-state index in [9.17, 15) is 8.42 Å². The first kappa shape index (κ1) is 14.8. The first-order chi connectivity index (χ1) is 9.28. The molecule has 2 aromatic rings. The van der Waals surface area contributed by atoms with Crippen molar-refractivity contribution in [2.75, 3.05) is 10.5 Å². The molecule has 0 unspecified atom stereocenters. The highest BCUT2D eigenvalue weighted by Gasteiger charge is 2.19. The third kappa shape index (κ3) is 3.30. The van der Waals surface area contributed by atoms with Crippen molar-refractivity contribution >= 4 is 44.9 Å². The van der Waals surface area contributed by atoms with Crippen molar-refractivity contribution in [2.24, 2.45) is 0 Å². The van der Waals surface area contributed by atoms with Gasteiger partial charge in [0.2, 0.25) is 5.95 Å². The van der Waals surface area contributed by atoms with E-state index >= 15 is 0 Å². The zero-order valence-corrected chi connectivity index (χ0v) is 12.6. The third-order valence-electron chi connectivity index (χ3n) is 2.29. The van der Waals surface area contributed by atoms with Gasteiger partial charge < -0.3 is 5.73 Å². The number of nitrogens with two attached hydrogens (primary N) is 1. The van der Waals surface area contributed by atoms with E-state index in [-0.39, 0.29) is 21.0 Å². The molecular weight excluding hydrogens is 323 g/mol. The molecule has 0 aliphatic carbocycles. The molecule has 0 aliphatic heterocycles. The number of aryl methyl sites for hydroxylation is 1. The fourth-order valence-corrected chi connectivity index (χ4v) is 3.22. The van der Waals surface area contributed by atoms with Crippen LogP contribution in [-0.2, 0) is 10.0 Å². The molecule has 0 aliphatic rings. The highest BCUT2D eigenvalue weighted by atomic mass is 35.5. The van der Waals surface area contributed by atoms with Crippen molar-refractivity contribution in [3.05, 3.63) is 40.1 Å². The molecule has 106 valence electrons. The van der Waals surface area contributed by atoms with Crippen molar-refractivity contribution < 1.29 is 8.42 Å². The lowest BCUT2D eigenvalue weighted by atomic mass is 10.3. The lowest BCUT2D eigenvalue weighted by Crippen LogP contribution is -2.16. The number of hydrogen-bond acceptors (Lipinski definition) is 5. The average molecular weight is 333 g/mol. The first-order valence-corrected chi connectivity index (χ1v) is 7.61. The highest BCUT2D eigenvalue weighted by Crippen LogP contribution is 2.25. The van der Waals surface area contributed by atoms with E-state index < -0.39 is 10.0 Å². The topological polar surface area (TPSA) is 98.0 Å². The average Bonchev–Trinajstić information content (AvgIpc) is 2.25. The number of aromatic nitrogens is 2. The summed E-state index contributed by atoms with van der Waals surface area (Å²) in [6.07, 6.45) is 0. The van der Waals surface area contributed by atoms with Gasteiger partial charge in [0.05, 0.1) is 5.02 Å². The van der Waals surface area contributed by atoms with Crippen LogP contribution < -0.4 is 10.5 Å². The van der Waals surface area contributed by atoms with Gasteiger partial charge in [0.25, 0.3) is 10.0 Å². The Morgan fingerprint density at radius 2 is 1.90 bits per heavy atom. The first-order valence-electron chi connectivity index (χ1n) is 5.37. The van der Waals surface area contributed by atoms with E-state index in [0.29, 0.717) is 11.4 Å². The summed E-state index contributed by atoms with van der Waals surface area (Å²) >= 11 is 11.6. The van der Waals surface area contributed by atoms with Gasteiger partial charge in [0.15, 0.2) is 0 Å². The Balaban J connectivity index is 2.40. The molecule has 2 rings (SSSR count). The zero-order valence-electron chi connectivity index (χ0n) is 10.3. The lowest BCUT2D eigenvalue weighted by molar-refractivity contribution is 0.601. The number of nitrogens with zero attached hydrogens (tertiary/aromatic N) is 2. The maximum atomic E-state index is 12.2. The summed E-state index contributed by atoms with van der Waals surface area (Å²) in [5, 5.41) is 0.148. The Hall–Kier alpha value is -1.57. The fraction of sp³-hybridized carbons (Fsp3) is 0.0909. The van der Waals surface area contributed by atoms with E-state index in [0.717, 1.165) is 0 Å². The predicted molar refractivity (Wildman–Crippen MR) is 78.5 cm³/mol. The van der Waals surface area contributed by atoms with Gasteiger partial charge >= 0.3 is 0 Å². The molecule has 20 heavy (non-hydrogen) atoms. The highest BCUT2D eigenvalue weighted by molar-refractivity contribution is 7.92. The number of sulfonamides is 1. The number of hydrogen-bond donors (Lipinski definition) is 2. The van der Waals surface area contributed by atoms with Crippen LogP contribution in [0.1, 0.15) is 5.69 Å². The van der Waals surface area contributed by atoms with Crippen LogP contribution in [0.3, 0.4) is 0 Å². The van der Waals surface area contributed by atoms with Gasteiger partial charge in [-0.1, -0.05) is 23.2 Å². The number of anilines is 2. The van der Waals surface area contributed by atoms with Crippen molar-refractivity contribution in [3.8, 4) is 0 Å². The normalized spacial score (nSPS) is 11.3. The van der Waals surface area contributed by atoms with Gasteiger partial charge in [-0.3, -0.25) is 0 Å². The Labute approximate surface area is 126 Å². The molecular formula is C11H10Cl2N4O2S. The number of benzene rings is 1. The molecule has 0 spiro atoms. The van der Waals surface area contributed by atoms with Crippen LogP contribution in [0.2, 0.25) is 10.2 Å². The van der Waals surface area contributed by atoms with Gasteiger partial charge in [-0.2, -0.15) is 0 Å². The Bertz CT molecular complexity index is 745. The monoisotopic (exact) mass is 332 g/mol. The SMILES string of the molecule is Cc1cc(Cl)nc(NS(=O)(=O)c2ccc(N)cc2Cl)n1. The van der Waals surface area contributed by atoms with Gasteiger partial charge in [-0.15, -0.1) is 0 Å². The molecule has 1 aromatic heterocycles. The standard InChI is InChI=1S/C11H10Cl2N4O2S/c1-6-4-10(13)16-11(15-6)17-20(18,19)9-3-2-7(14)5-8(9)12/h2-5H,14H2,1H3,(H,15,16,17). The van der Waals surface area contributed by atoms with E-state index in [1.54, 1.807) is 6.92 Å². The maximum Gasteiger partial charge on any atom is 0.265 e. The summed E-state index contributed by atoms with van der Waals surface area (Å²) in [7, 11) is -3.92. The summed E-state index contributed by atoms with van der Waals surface area (Å²) in [6.45, 7) is 1.67. The van der Waals surface area contributed by atoms with Crippen LogP contribution in [0.15, 0.2) is 29.2 Å².